The van der Waals surface area contributed by atoms with Gasteiger partial charge in [0.2, 0.25) is 10.0 Å². The van der Waals surface area contributed by atoms with Gasteiger partial charge in [0.1, 0.15) is 5.82 Å². The molecular formula is C18H22ClN3O2S. The fourth-order valence-corrected chi connectivity index (χ4v) is 4.97. The topological polar surface area (TPSA) is 53.5 Å². The zero-order chi connectivity index (χ0) is 18.2. The normalized spacial score (nSPS) is 16.2. The minimum Gasteiger partial charge on any atom is -0.354 e. The molecule has 1 aliphatic heterocycles. The summed E-state index contributed by atoms with van der Waals surface area (Å²) in [5, 5.41) is 0.590. The zero-order valence-corrected chi connectivity index (χ0v) is 16.2. The minimum atomic E-state index is -3.52. The van der Waals surface area contributed by atoms with Crippen molar-refractivity contribution in [2.24, 2.45) is 0 Å². The quantitative estimate of drug-likeness (QED) is 0.821. The lowest BCUT2D eigenvalue weighted by molar-refractivity contribution is 0.383. The molecule has 2 heterocycles. The molecule has 0 saturated carbocycles. The lowest BCUT2D eigenvalue weighted by Crippen LogP contribution is -2.49. The molecule has 1 aromatic carbocycles. The number of benzene rings is 1. The average Bonchev–Trinajstić information content (AvgIpc) is 2.58. The number of hydrogen-bond donors (Lipinski definition) is 0. The van der Waals surface area contributed by atoms with Crippen LogP contribution in [0.4, 0.5) is 5.82 Å². The van der Waals surface area contributed by atoms with Gasteiger partial charge >= 0.3 is 0 Å². The summed E-state index contributed by atoms with van der Waals surface area (Å²) in [4.78, 5) is 6.99. The standard InChI is InChI=1S/C18H22ClN3O2S/c1-13-12-17(14(2)11-16(13)19)25(23,24)22-9-7-21(8-10-22)18-6-4-5-15(3)20-18/h4-6,11-12H,7-10H2,1-3H3. The van der Waals surface area contributed by atoms with Crippen molar-refractivity contribution >= 4 is 27.4 Å². The molecule has 0 spiro atoms. The van der Waals surface area contributed by atoms with Gasteiger partial charge in [-0.05, 0) is 56.2 Å². The van der Waals surface area contributed by atoms with Crippen molar-refractivity contribution < 1.29 is 8.42 Å². The molecule has 134 valence electrons. The van der Waals surface area contributed by atoms with E-state index in [0.717, 1.165) is 17.1 Å². The number of aromatic nitrogens is 1. The van der Waals surface area contributed by atoms with E-state index < -0.39 is 10.0 Å². The van der Waals surface area contributed by atoms with Crippen molar-refractivity contribution in [1.82, 2.24) is 9.29 Å². The lowest BCUT2D eigenvalue weighted by atomic mass is 10.2. The van der Waals surface area contributed by atoms with Gasteiger partial charge in [0, 0.05) is 36.9 Å². The fraction of sp³-hybridized carbons (Fsp3) is 0.389. The van der Waals surface area contributed by atoms with Gasteiger partial charge in [-0.3, -0.25) is 0 Å². The summed E-state index contributed by atoms with van der Waals surface area (Å²) in [6.45, 7) is 7.70. The van der Waals surface area contributed by atoms with Crippen molar-refractivity contribution in [2.45, 2.75) is 25.7 Å². The second-order valence-corrected chi connectivity index (χ2v) is 8.71. The van der Waals surface area contributed by atoms with E-state index >= 15 is 0 Å². The highest BCUT2D eigenvalue weighted by molar-refractivity contribution is 7.89. The zero-order valence-electron chi connectivity index (χ0n) is 14.7. The molecule has 7 heteroatoms. The first-order chi connectivity index (χ1) is 11.8. The van der Waals surface area contributed by atoms with Gasteiger partial charge in [0.05, 0.1) is 4.90 Å². The van der Waals surface area contributed by atoms with E-state index in [0.29, 0.717) is 41.7 Å². The Hall–Kier alpha value is -1.63. The molecule has 2 aromatic rings. The summed E-state index contributed by atoms with van der Waals surface area (Å²) in [7, 11) is -3.52. The largest absolute Gasteiger partial charge is 0.354 e. The molecule has 0 aliphatic carbocycles. The highest BCUT2D eigenvalue weighted by Gasteiger charge is 2.30. The molecule has 0 amide bonds. The van der Waals surface area contributed by atoms with Crippen LogP contribution in [0.2, 0.25) is 5.02 Å². The maximum atomic E-state index is 13.0. The number of nitrogens with zero attached hydrogens (tertiary/aromatic N) is 3. The van der Waals surface area contributed by atoms with Crippen LogP contribution in [0.1, 0.15) is 16.8 Å². The van der Waals surface area contributed by atoms with Crippen molar-refractivity contribution in [2.75, 3.05) is 31.1 Å². The number of rotatable bonds is 3. The molecule has 5 nitrogen and oxygen atoms in total. The van der Waals surface area contributed by atoms with Crippen LogP contribution in [0, 0.1) is 20.8 Å². The molecule has 0 radical (unpaired) electrons. The van der Waals surface area contributed by atoms with E-state index in [1.807, 2.05) is 32.0 Å². The third-order valence-corrected chi connectivity index (χ3v) is 6.96. The van der Waals surface area contributed by atoms with Crippen LogP contribution in [-0.4, -0.2) is 43.9 Å². The number of hydrogen-bond acceptors (Lipinski definition) is 4. The minimum absolute atomic E-state index is 0.344. The van der Waals surface area contributed by atoms with Crippen LogP contribution in [0.5, 0.6) is 0 Å². The summed E-state index contributed by atoms with van der Waals surface area (Å²) >= 11 is 6.10. The summed E-state index contributed by atoms with van der Waals surface area (Å²) in [5.74, 6) is 0.899. The van der Waals surface area contributed by atoms with Crippen molar-refractivity contribution in [3.8, 4) is 0 Å². The number of sulfonamides is 1. The van der Waals surface area contributed by atoms with E-state index in [4.69, 9.17) is 11.6 Å². The first-order valence-electron chi connectivity index (χ1n) is 8.24. The van der Waals surface area contributed by atoms with Gasteiger partial charge in [-0.1, -0.05) is 17.7 Å². The number of aryl methyl sites for hydroxylation is 3. The van der Waals surface area contributed by atoms with E-state index in [9.17, 15) is 8.42 Å². The van der Waals surface area contributed by atoms with Crippen molar-refractivity contribution in [3.63, 3.8) is 0 Å². The smallest absolute Gasteiger partial charge is 0.243 e. The molecule has 0 unspecified atom stereocenters. The molecule has 1 saturated heterocycles. The highest BCUT2D eigenvalue weighted by atomic mass is 35.5. The van der Waals surface area contributed by atoms with Gasteiger partial charge in [0.15, 0.2) is 0 Å². The van der Waals surface area contributed by atoms with E-state index in [-0.39, 0.29) is 0 Å². The maximum absolute atomic E-state index is 13.0. The molecule has 0 N–H and O–H groups in total. The molecular weight excluding hydrogens is 358 g/mol. The number of anilines is 1. The third-order valence-electron chi connectivity index (χ3n) is 4.51. The summed E-state index contributed by atoms with van der Waals surface area (Å²) in [5.41, 5.74) is 2.41. The summed E-state index contributed by atoms with van der Waals surface area (Å²) < 4.78 is 27.6. The lowest BCUT2D eigenvalue weighted by Gasteiger charge is -2.35. The Morgan fingerprint density at radius 2 is 1.68 bits per heavy atom. The van der Waals surface area contributed by atoms with Gasteiger partial charge < -0.3 is 4.90 Å². The Morgan fingerprint density at radius 1 is 1.00 bits per heavy atom. The Labute approximate surface area is 154 Å². The van der Waals surface area contributed by atoms with Gasteiger partial charge in [-0.25, -0.2) is 13.4 Å². The molecule has 0 atom stereocenters. The molecule has 0 bridgehead atoms. The summed E-state index contributed by atoms with van der Waals surface area (Å²) in [6, 6.07) is 9.28. The Kier molecular flexibility index (Phi) is 5.04. The van der Waals surface area contributed by atoms with Crippen LogP contribution >= 0.6 is 11.6 Å². The second kappa shape index (κ2) is 6.94. The first kappa shape index (κ1) is 18.2. The van der Waals surface area contributed by atoms with Crippen LogP contribution < -0.4 is 4.90 Å². The molecule has 25 heavy (non-hydrogen) atoms. The first-order valence-corrected chi connectivity index (χ1v) is 10.1. The van der Waals surface area contributed by atoms with Gasteiger partial charge in [0.25, 0.3) is 0 Å². The molecule has 3 rings (SSSR count). The highest BCUT2D eigenvalue weighted by Crippen LogP contribution is 2.27. The number of pyridine rings is 1. The Morgan fingerprint density at radius 3 is 2.32 bits per heavy atom. The van der Waals surface area contributed by atoms with Crippen molar-refractivity contribution in [1.29, 1.82) is 0 Å². The number of piperazine rings is 1. The number of halogens is 1. The molecule has 1 fully saturated rings. The Balaban J connectivity index is 1.79. The fourth-order valence-electron chi connectivity index (χ4n) is 3.03. The third kappa shape index (κ3) is 3.66. The van der Waals surface area contributed by atoms with Crippen LogP contribution in [-0.2, 0) is 10.0 Å². The summed E-state index contributed by atoms with van der Waals surface area (Å²) in [6.07, 6.45) is 0. The monoisotopic (exact) mass is 379 g/mol. The van der Waals surface area contributed by atoms with Crippen LogP contribution in [0.3, 0.4) is 0 Å². The van der Waals surface area contributed by atoms with Crippen molar-refractivity contribution in [3.05, 3.63) is 52.2 Å². The second-order valence-electron chi connectivity index (χ2n) is 6.40. The predicted octanol–water partition coefficient (Wildman–Crippen LogP) is 3.17. The Bertz CT molecular complexity index is 891. The predicted molar refractivity (Wildman–Crippen MR) is 101 cm³/mol. The van der Waals surface area contributed by atoms with E-state index in [1.165, 1.54) is 0 Å². The van der Waals surface area contributed by atoms with Gasteiger partial charge in [-0.15, -0.1) is 0 Å². The molecule has 1 aliphatic rings. The molecule has 1 aromatic heterocycles. The van der Waals surface area contributed by atoms with Crippen LogP contribution in [0.25, 0.3) is 0 Å². The maximum Gasteiger partial charge on any atom is 0.243 e. The van der Waals surface area contributed by atoms with Crippen LogP contribution in [0.15, 0.2) is 35.2 Å². The van der Waals surface area contributed by atoms with E-state index in [1.54, 1.807) is 23.4 Å². The SMILES string of the molecule is Cc1cccc(N2CCN(S(=O)(=O)c3cc(C)c(Cl)cc3C)CC2)n1. The average molecular weight is 380 g/mol. The van der Waals surface area contributed by atoms with E-state index in [2.05, 4.69) is 9.88 Å². The van der Waals surface area contributed by atoms with Gasteiger partial charge in [-0.2, -0.15) is 4.31 Å².